The first-order valence-corrected chi connectivity index (χ1v) is 8.78. The van der Waals surface area contributed by atoms with Crippen LogP contribution < -0.4 is 10.9 Å². The maximum absolute atomic E-state index is 13.0. The first-order valence-electron chi connectivity index (χ1n) is 7.97. The molecule has 1 aromatic heterocycles. The lowest BCUT2D eigenvalue weighted by Gasteiger charge is -2.21. The molecule has 0 radical (unpaired) electrons. The third-order valence-corrected chi connectivity index (χ3v) is 5.10. The largest absolute Gasteiger partial charge is 0.508 e. The summed E-state index contributed by atoms with van der Waals surface area (Å²) in [4.78, 5) is 22.6. The van der Waals surface area contributed by atoms with Gasteiger partial charge in [0.2, 0.25) is 0 Å². The number of aliphatic imine (C=N–C) groups is 1. The molecule has 2 aliphatic rings. The van der Waals surface area contributed by atoms with Crippen molar-refractivity contribution in [3.63, 3.8) is 0 Å². The minimum atomic E-state index is -0.136. The van der Waals surface area contributed by atoms with E-state index >= 15 is 0 Å². The third-order valence-electron chi connectivity index (χ3n) is 4.04. The molecule has 0 fully saturated rings. The Labute approximate surface area is 148 Å². The normalized spacial score (nSPS) is 15.5. The number of likely N-dealkylation sites (N-methyl/N-ethyl adjacent to an activating group) is 1. The number of benzene rings is 1. The van der Waals surface area contributed by atoms with E-state index in [0.29, 0.717) is 22.7 Å². The Morgan fingerprint density at radius 1 is 1.32 bits per heavy atom. The quantitative estimate of drug-likeness (QED) is 0.888. The van der Waals surface area contributed by atoms with Gasteiger partial charge in [0.25, 0.3) is 5.56 Å². The topological polar surface area (TPSA) is 79.5 Å². The summed E-state index contributed by atoms with van der Waals surface area (Å²) in [5, 5.41) is 13.7. The van der Waals surface area contributed by atoms with Crippen molar-refractivity contribution < 1.29 is 5.11 Å². The fourth-order valence-electron chi connectivity index (χ4n) is 2.88. The summed E-state index contributed by atoms with van der Waals surface area (Å²) in [7, 11) is 0. The number of nitrogens with zero attached hydrogens (tertiary/aromatic N) is 3. The van der Waals surface area contributed by atoms with Gasteiger partial charge in [0, 0.05) is 30.4 Å². The number of aromatic nitrogens is 2. The smallest absolute Gasteiger partial charge is 0.272 e. The molecule has 126 valence electrons. The van der Waals surface area contributed by atoms with Gasteiger partial charge < -0.3 is 10.4 Å². The molecule has 0 amide bonds. The summed E-state index contributed by atoms with van der Waals surface area (Å²) in [6, 6.07) is 6.48. The highest BCUT2D eigenvalue weighted by Gasteiger charge is 2.27. The molecule has 2 N–H and O–H groups in total. The van der Waals surface area contributed by atoms with Gasteiger partial charge in [-0.15, -0.1) is 0 Å². The molecular formula is C18H16N4O2S. The first kappa shape index (κ1) is 15.7. The monoisotopic (exact) mass is 352 g/mol. The molecule has 1 aromatic carbocycles. The predicted octanol–water partition coefficient (Wildman–Crippen LogP) is 2.68. The number of thioether (sulfide) groups is 1. The minimum Gasteiger partial charge on any atom is -0.508 e. The number of phenolic OH excluding ortho intramolecular Hbond substituents is 1. The van der Waals surface area contributed by atoms with Gasteiger partial charge >= 0.3 is 0 Å². The van der Waals surface area contributed by atoms with Crippen LogP contribution in [-0.2, 0) is 0 Å². The van der Waals surface area contributed by atoms with Crippen molar-refractivity contribution in [3.05, 3.63) is 64.6 Å². The molecule has 0 aliphatic carbocycles. The zero-order valence-electron chi connectivity index (χ0n) is 13.6. The highest BCUT2D eigenvalue weighted by Crippen LogP contribution is 2.38. The van der Waals surface area contributed by atoms with Crippen LogP contribution in [0.2, 0.25) is 0 Å². The van der Waals surface area contributed by atoms with E-state index in [-0.39, 0.29) is 11.3 Å². The number of allylic oxidation sites excluding steroid dienone is 2. The molecule has 7 heteroatoms. The second kappa shape index (κ2) is 6.25. The van der Waals surface area contributed by atoms with Crippen LogP contribution in [0.3, 0.4) is 0 Å². The zero-order valence-corrected chi connectivity index (χ0v) is 14.4. The van der Waals surface area contributed by atoms with Crippen LogP contribution in [0, 0.1) is 0 Å². The minimum absolute atomic E-state index is 0.136. The van der Waals surface area contributed by atoms with Gasteiger partial charge in [-0.05, 0) is 37.3 Å². The lowest BCUT2D eigenvalue weighted by Crippen LogP contribution is -2.26. The highest BCUT2D eigenvalue weighted by molar-refractivity contribution is 8.14. The van der Waals surface area contributed by atoms with E-state index in [1.165, 1.54) is 16.3 Å². The van der Waals surface area contributed by atoms with E-state index in [4.69, 9.17) is 0 Å². The Hall–Kier alpha value is -2.80. The van der Waals surface area contributed by atoms with Crippen LogP contribution in [0.5, 0.6) is 5.75 Å². The van der Waals surface area contributed by atoms with Crippen molar-refractivity contribution in [2.45, 2.75) is 18.2 Å². The lowest BCUT2D eigenvalue weighted by atomic mass is 10.1. The van der Waals surface area contributed by atoms with Crippen LogP contribution in [-0.4, -0.2) is 26.2 Å². The Morgan fingerprint density at radius 3 is 2.88 bits per heavy atom. The maximum atomic E-state index is 13.0. The number of aromatic hydroxyl groups is 1. The summed E-state index contributed by atoms with van der Waals surface area (Å²) in [6.45, 7) is 2.81. The summed E-state index contributed by atoms with van der Waals surface area (Å²) in [5.41, 5.74) is 3.19. The van der Waals surface area contributed by atoms with E-state index in [2.05, 4.69) is 15.3 Å². The molecule has 0 saturated heterocycles. The van der Waals surface area contributed by atoms with Crippen molar-refractivity contribution in [1.82, 2.24) is 14.9 Å². The lowest BCUT2D eigenvalue weighted by molar-refractivity contribution is 0.475. The third kappa shape index (κ3) is 2.76. The molecule has 4 rings (SSSR count). The van der Waals surface area contributed by atoms with E-state index in [1.807, 2.05) is 13.0 Å². The first-order chi connectivity index (χ1) is 12.2. The average molecular weight is 352 g/mol. The van der Waals surface area contributed by atoms with E-state index in [0.717, 1.165) is 22.9 Å². The number of rotatable bonds is 3. The molecule has 6 nitrogen and oxygen atoms in total. The molecule has 25 heavy (non-hydrogen) atoms. The standard InChI is InChI=1S/C18H16N4O2S/c1-2-19-14-7-8-20-15-9-13(14)16-17(25-15)18(24)22(10-21-16)11-3-5-12(23)6-4-11/h3-8,10,19,23H,2,9H2,1H3. The molecule has 0 atom stereocenters. The summed E-state index contributed by atoms with van der Waals surface area (Å²) in [6.07, 6.45) is 5.90. The molecular weight excluding hydrogens is 336 g/mol. The number of hydrogen-bond acceptors (Lipinski definition) is 6. The second-order valence-corrected chi connectivity index (χ2v) is 6.74. The van der Waals surface area contributed by atoms with E-state index < -0.39 is 0 Å². The molecule has 0 spiro atoms. The number of fused-ring (bicyclic) bond motifs is 4. The Balaban J connectivity index is 1.90. The van der Waals surface area contributed by atoms with E-state index in [9.17, 15) is 9.90 Å². The van der Waals surface area contributed by atoms with Crippen molar-refractivity contribution in [2.24, 2.45) is 4.99 Å². The molecule has 0 unspecified atom stereocenters. The highest BCUT2D eigenvalue weighted by atomic mass is 32.2. The Morgan fingerprint density at radius 2 is 2.12 bits per heavy atom. The molecule has 0 saturated carbocycles. The maximum Gasteiger partial charge on any atom is 0.272 e. The van der Waals surface area contributed by atoms with Crippen LogP contribution in [0.15, 0.2) is 63.2 Å². The Bertz CT molecular complexity index is 987. The molecule has 2 aliphatic heterocycles. The number of nitrogens with one attached hydrogen (secondary N) is 1. The van der Waals surface area contributed by atoms with Crippen LogP contribution in [0.1, 0.15) is 19.0 Å². The molecule has 2 aromatic rings. The van der Waals surface area contributed by atoms with Crippen molar-refractivity contribution in [2.75, 3.05) is 6.54 Å². The summed E-state index contributed by atoms with van der Waals surface area (Å²) >= 11 is 1.38. The van der Waals surface area contributed by atoms with Crippen LogP contribution in [0.4, 0.5) is 0 Å². The SMILES string of the molecule is CCNC1=C2CC(=NC=C1)Sc1c2ncn(-c2ccc(O)cc2)c1=O. The van der Waals surface area contributed by atoms with Crippen LogP contribution >= 0.6 is 11.8 Å². The van der Waals surface area contributed by atoms with Gasteiger partial charge in [0.05, 0.1) is 16.4 Å². The summed E-state index contributed by atoms with van der Waals surface area (Å²) < 4.78 is 1.49. The van der Waals surface area contributed by atoms with Crippen molar-refractivity contribution >= 4 is 22.4 Å². The molecule has 2 bridgehead atoms. The van der Waals surface area contributed by atoms with Gasteiger partial charge in [-0.25, -0.2) is 4.98 Å². The van der Waals surface area contributed by atoms with Gasteiger partial charge in [0.1, 0.15) is 17.0 Å². The summed E-state index contributed by atoms with van der Waals surface area (Å²) in [5.74, 6) is 0.156. The van der Waals surface area contributed by atoms with E-state index in [1.54, 1.807) is 36.8 Å². The number of phenols is 1. The van der Waals surface area contributed by atoms with Crippen LogP contribution in [0.25, 0.3) is 11.3 Å². The predicted molar refractivity (Wildman–Crippen MR) is 99.1 cm³/mol. The number of hydrogen-bond donors (Lipinski definition) is 2. The van der Waals surface area contributed by atoms with Gasteiger partial charge in [-0.3, -0.25) is 14.4 Å². The van der Waals surface area contributed by atoms with Crippen molar-refractivity contribution in [3.8, 4) is 11.4 Å². The van der Waals surface area contributed by atoms with Gasteiger partial charge in [-0.2, -0.15) is 0 Å². The van der Waals surface area contributed by atoms with Gasteiger partial charge in [0.15, 0.2) is 0 Å². The second-order valence-electron chi connectivity index (χ2n) is 5.65. The average Bonchev–Trinajstić information content (AvgIpc) is 2.77. The fourth-order valence-corrected chi connectivity index (χ4v) is 3.90. The van der Waals surface area contributed by atoms with Crippen molar-refractivity contribution in [1.29, 1.82) is 0 Å². The Kier molecular flexibility index (Phi) is 3.93. The van der Waals surface area contributed by atoms with Gasteiger partial charge in [-0.1, -0.05) is 11.8 Å². The fraction of sp³-hybridized carbons (Fsp3) is 0.167. The zero-order chi connectivity index (χ0) is 17.4. The molecule has 3 heterocycles.